The second kappa shape index (κ2) is 4.83. The van der Waals surface area contributed by atoms with E-state index in [9.17, 15) is 14.4 Å². The Morgan fingerprint density at radius 2 is 2.17 bits per heavy atom. The molecule has 1 saturated carbocycles. The van der Waals surface area contributed by atoms with Crippen LogP contribution in [0.25, 0.3) is 0 Å². The maximum atomic E-state index is 12.0. The van der Waals surface area contributed by atoms with Crippen LogP contribution in [0.15, 0.2) is 0 Å². The lowest BCUT2D eigenvalue weighted by Gasteiger charge is -2.33. The van der Waals surface area contributed by atoms with Crippen molar-refractivity contribution >= 4 is 17.9 Å². The molecule has 2 unspecified atom stereocenters. The predicted molar refractivity (Wildman–Crippen MR) is 61.9 cm³/mol. The second-order valence-electron chi connectivity index (χ2n) is 4.76. The molecular formula is C11H17N3O4. The molecule has 7 heteroatoms. The molecule has 2 rings (SSSR count). The van der Waals surface area contributed by atoms with E-state index in [1.165, 1.54) is 4.90 Å². The minimum atomic E-state index is -1.01. The van der Waals surface area contributed by atoms with Crippen molar-refractivity contribution in [1.82, 2.24) is 15.5 Å². The second-order valence-corrected chi connectivity index (χ2v) is 4.76. The van der Waals surface area contributed by atoms with Crippen LogP contribution < -0.4 is 10.6 Å². The summed E-state index contributed by atoms with van der Waals surface area (Å²) < 4.78 is 0. The normalized spacial score (nSPS) is 25.3. The maximum absolute atomic E-state index is 12.0. The van der Waals surface area contributed by atoms with Crippen molar-refractivity contribution in [3.05, 3.63) is 0 Å². The van der Waals surface area contributed by atoms with Crippen LogP contribution in [0.5, 0.6) is 0 Å². The highest BCUT2D eigenvalue weighted by Gasteiger charge is 2.39. The van der Waals surface area contributed by atoms with Crippen LogP contribution in [0.1, 0.15) is 19.8 Å². The van der Waals surface area contributed by atoms with Crippen LogP contribution in [0.3, 0.4) is 0 Å². The SMILES string of the molecule is CC1C(=O)NCCN1C(=O)NC(C(=O)O)C1CC1. The van der Waals surface area contributed by atoms with Gasteiger partial charge in [-0.05, 0) is 25.7 Å². The third-order valence-electron chi connectivity index (χ3n) is 3.40. The third kappa shape index (κ3) is 2.55. The molecule has 1 aliphatic carbocycles. The lowest BCUT2D eigenvalue weighted by atomic mass is 10.2. The molecule has 3 amide bonds. The van der Waals surface area contributed by atoms with Gasteiger partial charge in [0.15, 0.2) is 0 Å². The molecule has 0 bridgehead atoms. The summed E-state index contributed by atoms with van der Waals surface area (Å²) in [6, 6.07) is -1.88. The minimum Gasteiger partial charge on any atom is -0.480 e. The van der Waals surface area contributed by atoms with Crippen molar-refractivity contribution in [2.75, 3.05) is 13.1 Å². The maximum Gasteiger partial charge on any atom is 0.326 e. The Labute approximate surface area is 105 Å². The van der Waals surface area contributed by atoms with Gasteiger partial charge in [0, 0.05) is 13.1 Å². The van der Waals surface area contributed by atoms with E-state index < -0.39 is 24.1 Å². The van der Waals surface area contributed by atoms with Crippen molar-refractivity contribution < 1.29 is 19.5 Å². The number of nitrogens with one attached hydrogen (secondary N) is 2. The van der Waals surface area contributed by atoms with Gasteiger partial charge in [-0.3, -0.25) is 4.79 Å². The fourth-order valence-corrected chi connectivity index (χ4v) is 2.09. The summed E-state index contributed by atoms with van der Waals surface area (Å²) in [6.45, 7) is 2.43. The van der Waals surface area contributed by atoms with E-state index in [1.54, 1.807) is 6.92 Å². The van der Waals surface area contributed by atoms with E-state index in [2.05, 4.69) is 10.6 Å². The molecule has 3 N–H and O–H groups in total. The molecule has 0 aromatic heterocycles. The zero-order valence-corrected chi connectivity index (χ0v) is 10.2. The Morgan fingerprint density at radius 3 is 2.72 bits per heavy atom. The molecule has 0 aromatic carbocycles. The largest absolute Gasteiger partial charge is 0.480 e. The van der Waals surface area contributed by atoms with E-state index in [0.717, 1.165) is 12.8 Å². The number of carbonyl (C=O) groups excluding carboxylic acids is 2. The van der Waals surface area contributed by atoms with Crippen molar-refractivity contribution in [1.29, 1.82) is 0 Å². The number of carboxylic acids is 1. The summed E-state index contributed by atoms with van der Waals surface area (Å²) in [6.07, 6.45) is 1.65. The van der Waals surface area contributed by atoms with E-state index in [1.807, 2.05) is 0 Å². The van der Waals surface area contributed by atoms with Crippen LogP contribution in [0.2, 0.25) is 0 Å². The molecule has 1 saturated heterocycles. The number of amides is 3. The topological polar surface area (TPSA) is 98.7 Å². The first-order chi connectivity index (χ1) is 8.50. The first kappa shape index (κ1) is 12.7. The average Bonchev–Trinajstić information content (AvgIpc) is 3.13. The molecular weight excluding hydrogens is 238 g/mol. The van der Waals surface area contributed by atoms with Crippen molar-refractivity contribution in [3.8, 4) is 0 Å². The summed E-state index contributed by atoms with van der Waals surface area (Å²) in [5.74, 6) is -1.20. The van der Waals surface area contributed by atoms with Crippen LogP contribution in [0.4, 0.5) is 4.79 Å². The zero-order chi connectivity index (χ0) is 13.3. The molecule has 2 atom stereocenters. The number of carboxylic acid groups (broad SMARTS) is 1. The number of aliphatic carboxylic acids is 1. The molecule has 18 heavy (non-hydrogen) atoms. The van der Waals surface area contributed by atoms with Gasteiger partial charge in [0.2, 0.25) is 5.91 Å². The summed E-state index contributed by atoms with van der Waals surface area (Å²) in [4.78, 5) is 35.8. The average molecular weight is 255 g/mol. The molecule has 2 aliphatic rings. The van der Waals surface area contributed by atoms with E-state index in [0.29, 0.717) is 13.1 Å². The summed E-state index contributed by atoms with van der Waals surface area (Å²) in [5.41, 5.74) is 0. The Kier molecular flexibility index (Phi) is 3.40. The van der Waals surface area contributed by atoms with Crippen LogP contribution in [0, 0.1) is 5.92 Å². The molecule has 0 radical (unpaired) electrons. The molecule has 1 heterocycles. The van der Waals surface area contributed by atoms with Crippen molar-refractivity contribution in [3.63, 3.8) is 0 Å². The first-order valence-electron chi connectivity index (χ1n) is 6.08. The highest BCUT2D eigenvalue weighted by atomic mass is 16.4. The van der Waals surface area contributed by atoms with Crippen molar-refractivity contribution in [2.24, 2.45) is 5.92 Å². The molecule has 2 fully saturated rings. The number of carbonyl (C=O) groups is 3. The highest BCUT2D eigenvalue weighted by molar-refractivity contribution is 5.89. The zero-order valence-electron chi connectivity index (χ0n) is 10.2. The first-order valence-corrected chi connectivity index (χ1v) is 6.08. The lowest BCUT2D eigenvalue weighted by Crippen LogP contribution is -2.60. The van der Waals surface area contributed by atoms with Gasteiger partial charge < -0.3 is 20.6 Å². The van der Waals surface area contributed by atoms with Crippen LogP contribution in [-0.2, 0) is 9.59 Å². The van der Waals surface area contributed by atoms with E-state index >= 15 is 0 Å². The number of hydrogen-bond donors (Lipinski definition) is 3. The van der Waals surface area contributed by atoms with E-state index in [-0.39, 0.29) is 11.8 Å². The monoisotopic (exact) mass is 255 g/mol. The van der Waals surface area contributed by atoms with Crippen LogP contribution in [-0.4, -0.2) is 53.1 Å². The molecule has 0 spiro atoms. The molecule has 1 aliphatic heterocycles. The van der Waals surface area contributed by atoms with Gasteiger partial charge in [-0.25, -0.2) is 9.59 Å². The van der Waals surface area contributed by atoms with Crippen LogP contribution >= 0.6 is 0 Å². The van der Waals surface area contributed by atoms with Crippen molar-refractivity contribution in [2.45, 2.75) is 31.8 Å². The summed E-state index contributed by atoms with van der Waals surface area (Å²) >= 11 is 0. The van der Waals surface area contributed by atoms with Gasteiger partial charge in [0.05, 0.1) is 0 Å². The lowest BCUT2D eigenvalue weighted by molar-refractivity contribution is -0.139. The summed E-state index contributed by atoms with van der Waals surface area (Å²) in [7, 11) is 0. The fourth-order valence-electron chi connectivity index (χ4n) is 2.09. The Bertz CT molecular complexity index is 380. The Balaban J connectivity index is 1.97. The minimum absolute atomic E-state index is 0.0281. The Hall–Kier alpha value is -1.79. The van der Waals surface area contributed by atoms with Gasteiger partial charge in [0.25, 0.3) is 0 Å². The third-order valence-corrected chi connectivity index (χ3v) is 3.40. The highest BCUT2D eigenvalue weighted by Crippen LogP contribution is 2.32. The smallest absolute Gasteiger partial charge is 0.326 e. The van der Waals surface area contributed by atoms with Gasteiger partial charge in [-0.1, -0.05) is 0 Å². The molecule has 100 valence electrons. The number of piperazine rings is 1. The number of urea groups is 1. The van der Waals surface area contributed by atoms with Gasteiger partial charge in [-0.15, -0.1) is 0 Å². The van der Waals surface area contributed by atoms with Gasteiger partial charge >= 0.3 is 12.0 Å². The predicted octanol–water partition coefficient (Wildman–Crippen LogP) is -0.620. The standard InChI is InChI=1S/C11H17N3O4/c1-6-9(15)12-4-5-14(6)11(18)13-8(10(16)17)7-2-3-7/h6-8H,2-5H2,1H3,(H,12,15)(H,13,18)(H,16,17). The van der Waals surface area contributed by atoms with E-state index in [4.69, 9.17) is 5.11 Å². The number of nitrogens with zero attached hydrogens (tertiary/aromatic N) is 1. The fraction of sp³-hybridized carbons (Fsp3) is 0.727. The Morgan fingerprint density at radius 1 is 1.50 bits per heavy atom. The number of hydrogen-bond acceptors (Lipinski definition) is 3. The summed E-state index contributed by atoms with van der Waals surface area (Å²) in [5, 5.41) is 14.2. The van der Waals surface area contributed by atoms with Gasteiger partial charge in [-0.2, -0.15) is 0 Å². The number of rotatable bonds is 3. The quantitative estimate of drug-likeness (QED) is 0.626. The van der Waals surface area contributed by atoms with Gasteiger partial charge in [0.1, 0.15) is 12.1 Å². The molecule has 7 nitrogen and oxygen atoms in total. The molecule has 0 aromatic rings.